The zero-order valence-corrected chi connectivity index (χ0v) is 23.6. The van der Waals surface area contributed by atoms with Gasteiger partial charge in [-0.1, -0.05) is 79.1 Å². The molecule has 0 aliphatic carbocycles. The Bertz CT molecular complexity index is 224. The molecule has 0 aromatic heterocycles. The number of unbranched alkanes of at least 4 members (excludes halogenated alkanes) is 8. The Morgan fingerprint density at radius 1 is 0.412 bits per heavy atom. The van der Waals surface area contributed by atoms with Crippen LogP contribution in [-0.4, -0.2) is 81.0 Å². The molecule has 0 fully saturated rings. The van der Waals surface area contributed by atoms with Crippen molar-refractivity contribution in [3.05, 3.63) is 0 Å². The third-order valence-electron chi connectivity index (χ3n) is 4.24. The zero-order valence-electron chi connectivity index (χ0n) is 23.6. The van der Waals surface area contributed by atoms with E-state index in [2.05, 4.69) is 38.3 Å². The van der Waals surface area contributed by atoms with E-state index in [9.17, 15) is 0 Å². The molecule has 8 heteroatoms. The Hall–Kier alpha value is -0.320. The molecule has 0 aromatic rings. The van der Waals surface area contributed by atoms with Crippen molar-refractivity contribution in [2.24, 2.45) is 17.2 Å². The van der Waals surface area contributed by atoms with Gasteiger partial charge in [0.05, 0.1) is 19.8 Å². The molecule has 34 heavy (non-hydrogen) atoms. The van der Waals surface area contributed by atoms with E-state index >= 15 is 0 Å². The van der Waals surface area contributed by atoms with E-state index in [1.165, 1.54) is 90.1 Å². The Balaban J connectivity index is -0.000000108. The van der Waals surface area contributed by atoms with Crippen LogP contribution in [0, 0.1) is 0 Å². The molecule has 0 saturated carbocycles. The van der Waals surface area contributed by atoms with Crippen LogP contribution in [0.3, 0.4) is 0 Å². The highest BCUT2D eigenvalue weighted by molar-refractivity contribution is 4.48. The summed E-state index contributed by atoms with van der Waals surface area (Å²) < 4.78 is 0. The first-order valence-corrected chi connectivity index (χ1v) is 13.9. The number of nitrogens with two attached hydrogens (primary N) is 3. The van der Waals surface area contributed by atoms with E-state index in [1.54, 1.807) is 0 Å². The van der Waals surface area contributed by atoms with E-state index in [-0.39, 0.29) is 19.8 Å². The van der Waals surface area contributed by atoms with Crippen molar-refractivity contribution in [3.8, 4) is 0 Å². The van der Waals surface area contributed by atoms with Crippen molar-refractivity contribution in [2.45, 2.75) is 105 Å². The second-order valence-corrected chi connectivity index (χ2v) is 7.87. The van der Waals surface area contributed by atoms with Crippen LogP contribution < -0.4 is 27.8 Å². The van der Waals surface area contributed by atoms with Crippen molar-refractivity contribution in [1.29, 1.82) is 0 Å². The fourth-order valence-electron chi connectivity index (χ4n) is 2.18. The van der Waals surface area contributed by atoms with E-state index in [0.717, 1.165) is 13.1 Å². The largest absolute Gasteiger partial charge is 0.395 e. The number of aliphatic hydroxyl groups is 3. The van der Waals surface area contributed by atoms with Crippen LogP contribution in [-0.2, 0) is 0 Å². The fourth-order valence-corrected chi connectivity index (χ4v) is 2.18. The van der Waals surface area contributed by atoms with Crippen molar-refractivity contribution >= 4 is 0 Å². The molecule has 11 N–H and O–H groups in total. The van der Waals surface area contributed by atoms with Gasteiger partial charge in [-0.25, -0.2) is 0 Å². The molecule has 0 spiro atoms. The molecule has 0 unspecified atom stereocenters. The van der Waals surface area contributed by atoms with Crippen molar-refractivity contribution in [2.75, 3.05) is 65.6 Å². The van der Waals surface area contributed by atoms with Crippen molar-refractivity contribution in [3.63, 3.8) is 0 Å². The molecule has 0 saturated heterocycles. The maximum atomic E-state index is 8.15. The number of aliphatic hydroxyl groups excluding tert-OH is 3. The summed E-state index contributed by atoms with van der Waals surface area (Å²) in [6, 6.07) is 0. The van der Waals surface area contributed by atoms with Gasteiger partial charge in [-0.05, 0) is 51.9 Å². The normalized spacial score (nSPS) is 9.35. The zero-order chi connectivity index (χ0) is 27.0. The molecule has 214 valence electrons. The first kappa shape index (κ1) is 43.7. The second kappa shape index (κ2) is 58.5. The van der Waals surface area contributed by atoms with Gasteiger partial charge in [0, 0.05) is 19.6 Å². The van der Waals surface area contributed by atoms with Gasteiger partial charge in [-0.3, -0.25) is 0 Å². The summed E-state index contributed by atoms with van der Waals surface area (Å²) in [6.07, 6.45) is 15.7. The third-order valence-corrected chi connectivity index (χ3v) is 4.24. The molecule has 0 aromatic carbocycles. The predicted molar refractivity (Wildman–Crippen MR) is 152 cm³/mol. The van der Waals surface area contributed by atoms with Crippen molar-refractivity contribution < 1.29 is 15.3 Å². The molecular weight excluding hydrogens is 430 g/mol. The predicted octanol–water partition coefficient (Wildman–Crippen LogP) is 2.73. The summed E-state index contributed by atoms with van der Waals surface area (Å²) in [7, 11) is 0. The number of nitrogens with one attached hydrogen (secondary N) is 2. The van der Waals surface area contributed by atoms with Gasteiger partial charge in [0.2, 0.25) is 0 Å². The number of hydrogen-bond donors (Lipinski definition) is 8. The summed E-state index contributed by atoms with van der Waals surface area (Å²) in [6.45, 7) is 14.9. The monoisotopic (exact) mass is 498 g/mol. The van der Waals surface area contributed by atoms with Gasteiger partial charge < -0.3 is 43.2 Å². The summed E-state index contributed by atoms with van der Waals surface area (Å²) in [5.74, 6) is 0. The lowest BCUT2D eigenvalue weighted by Gasteiger charge is -2.02. The highest BCUT2D eigenvalue weighted by atomic mass is 16.3. The van der Waals surface area contributed by atoms with Crippen LogP contribution in [0.25, 0.3) is 0 Å². The lowest BCUT2D eigenvalue weighted by atomic mass is 10.2. The van der Waals surface area contributed by atoms with E-state index in [4.69, 9.17) is 32.5 Å². The Morgan fingerprint density at radius 2 is 0.765 bits per heavy atom. The molecular formula is C26H67N5O3. The standard InChI is InChI=1S/C10H23N.C6H15N.C4H11NO2.C4H11N.C2H7NO/c1-3-5-7-9-11-10-8-6-4-2;1-2-3-4-5-6-7;6-3-1-5-2-4-7;1-2-3-4-5;3-1-2-4/h11H,3-10H2,1-2H3;2-7H2,1H3;5-7H,1-4H2;2-5H2,1H3;4H,1-3H2. The highest BCUT2D eigenvalue weighted by Crippen LogP contribution is 1.95. The molecule has 0 atom stereocenters. The molecule has 0 radical (unpaired) electrons. The molecule has 0 heterocycles. The quantitative estimate of drug-likeness (QED) is 0.126. The lowest BCUT2D eigenvalue weighted by Crippen LogP contribution is -2.21. The van der Waals surface area contributed by atoms with Crippen LogP contribution in [0.5, 0.6) is 0 Å². The minimum absolute atomic E-state index is 0.0972. The summed E-state index contributed by atoms with van der Waals surface area (Å²) in [5, 5.41) is 30.3. The average Bonchev–Trinajstić information content (AvgIpc) is 2.86. The summed E-state index contributed by atoms with van der Waals surface area (Å²) in [4.78, 5) is 0. The molecule has 0 bridgehead atoms. The molecule has 0 rings (SSSR count). The maximum Gasteiger partial charge on any atom is 0.0555 e. The summed E-state index contributed by atoms with van der Waals surface area (Å²) in [5.41, 5.74) is 15.2. The smallest absolute Gasteiger partial charge is 0.0555 e. The number of rotatable bonds is 19. The van der Waals surface area contributed by atoms with Gasteiger partial charge in [-0.15, -0.1) is 0 Å². The van der Waals surface area contributed by atoms with Gasteiger partial charge >= 0.3 is 0 Å². The van der Waals surface area contributed by atoms with Gasteiger partial charge in [0.1, 0.15) is 0 Å². The van der Waals surface area contributed by atoms with Gasteiger partial charge in [0.15, 0.2) is 0 Å². The average molecular weight is 498 g/mol. The topological polar surface area (TPSA) is 163 Å². The van der Waals surface area contributed by atoms with Crippen LogP contribution in [0.2, 0.25) is 0 Å². The number of hydrogen-bond acceptors (Lipinski definition) is 8. The highest BCUT2D eigenvalue weighted by Gasteiger charge is 1.87. The second-order valence-electron chi connectivity index (χ2n) is 7.87. The van der Waals surface area contributed by atoms with Crippen molar-refractivity contribution in [1.82, 2.24) is 10.6 Å². The van der Waals surface area contributed by atoms with Gasteiger partial charge in [0.25, 0.3) is 0 Å². The minimum atomic E-state index is 0.0972. The van der Waals surface area contributed by atoms with Crippen LogP contribution in [0.1, 0.15) is 105 Å². The molecule has 0 amide bonds. The van der Waals surface area contributed by atoms with E-state index in [0.29, 0.717) is 19.6 Å². The SMILES string of the molecule is CCCCCCN.CCCCCNCCCCC.CCCCN.NCCO.OCCNCCO. The lowest BCUT2D eigenvalue weighted by molar-refractivity contribution is 0.266. The maximum absolute atomic E-state index is 8.15. The molecule has 0 aliphatic rings. The molecule has 0 aliphatic heterocycles. The van der Waals surface area contributed by atoms with E-state index < -0.39 is 0 Å². The Labute approximate surface area is 213 Å². The van der Waals surface area contributed by atoms with Crippen LogP contribution >= 0.6 is 0 Å². The molecule has 8 nitrogen and oxygen atoms in total. The third kappa shape index (κ3) is 85.5. The first-order chi connectivity index (χ1) is 16.6. The Morgan fingerprint density at radius 3 is 1.03 bits per heavy atom. The fraction of sp³-hybridized carbons (Fsp3) is 1.00. The van der Waals surface area contributed by atoms with Crippen LogP contribution in [0.4, 0.5) is 0 Å². The van der Waals surface area contributed by atoms with Crippen LogP contribution in [0.15, 0.2) is 0 Å². The van der Waals surface area contributed by atoms with Gasteiger partial charge in [-0.2, -0.15) is 0 Å². The first-order valence-electron chi connectivity index (χ1n) is 13.9. The summed E-state index contributed by atoms with van der Waals surface area (Å²) >= 11 is 0. The Kier molecular flexibility index (Phi) is 75.2. The minimum Gasteiger partial charge on any atom is -0.395 e. The van der Waals surface area contributed by atoms with E-state index in [1.807, 2.05) is 0 Å².